The van der Waals surface area contributed by atoms with E-state index in [4.69, 9.17) is 14.2 Å². The number of hydrogen-bond acceptors (Lipinski definition) is 5. The Morgan fingerprint density at radius 2 is 1.89 bits per heavy atom. The highest BCUT2D eigenvalue weighted by Crippen LogP contribution is 2.29. The van der Waals surface area contributed by atoms with E-state index in [1.54, 1.807) is 6.08 Å². The van der Waals surface area contributed by atoms with Gasteiger partial charge in [-0.1, -0.05) is 6.07 Å². The summed E-state index contributed by atoms with van der Waals surface area (Å²) >= 11 is 0. The third-order valence-corrected chi connectivity index (χ3v) is 5.16. The number of piperazine rings is 1. The van der Waals surface area contributed by atoms with E-state index in [2.05, 4.69) is 4.90 Å². The van der Waals surface area contributed by atoms with Crippen LogP contribution in [0.25, 0.3) is 6.08 Å². The Balaban J connectivity index is 1.51. The van der Waals surface area contributed by atoms with Crippen molar-refractivity contribution >= 4 is 12.0 Å². The number of amides is 1. The van der Waals surface area contributed by atoms with Gasteiger partial charge in [0.2, 0.25) is 5.91 Å². The summed E-state index contributed by atoms with van der Waals surface area (Å²) in [5.41, 5.74) is 0.928. The molecule has 0 radical (unpaired) electrons. The van der Waals surface area contributed by atoms with Crippen molar-refractivity contribution in [3.05, 3.63) is 29.8 Å². The quantitative estimate of drug-likeness (QED) is 0.641. The van der Waals surface area contributed by atoms with Crippen LogP contribution in [0.3, 0.4) is 0 Å². The first kappa shape index (κ1) is 20.7. The van der Waals surface area contributed by atoms with Crippen LogP contribution in [-0.4, -0.2) is 74.4 Å². The van der Waals surface area contributed by atoms with Crippen LogP contribution in [0.1, 0.15) is 32.3 Å². The van der Waals surface area contributed by atoms with Crippen molar-refractivity contribution < 1.29 is 19.0 Å². The van der Waals surface area contributed by atoms with Crippen LogP contribution in [0.2, 0.25) is 0 Å². The molecule has 3 rings (SSSR count). The summed E-state index contributed by atoms with van der Waals surface area (Å²) in [7, 11) is 0. The Bertz CT molecular complexity index is 663. The maximum Gasteiger partial charge on any atom is 0.246 e. The molecule has 0 spiro atoms. The second kappa shape index (κ2) is 10.5. The van der Waals surface area contributed by atoms with Gasteiger partial charge in [0.05, 0.1) is 19.3 Å². The molecular formula is C22H32N2O4. The van der Waals surface area contributed by atoms with Crippen LogP contribution in [0.5, 0.6) is 11.5 Å². The van der Waals surface area contributed by atoms with Crippen molar-refractivity contribution in [3.8, 4) is 11.5 Å². The zero-order valence-electron chi connectivity index (χ0n) is 17.1. The minimum absolute atomic E-state index is 0.0589. The molecule has 6 nitrogen and oxygen atoms in total. The molecule has 0 aromatic heterocycles. The van der Waals surface area contributed by atoms with Crippen molar-refractivity contribution in [2.75, 3.05) is 52.5 Å². The van der Waals surface area contributed by atoms with E-state index in [1.165, 1.54) is 6.42 Å². The average molecular weight is 389 g/mol. The zero-order valence-corrected chi connectivity index (χ0v) is 17.1. The minimum Gasteiger partial charge on any atom is -0.490 e. The molecule has 6 heteroatoms. The van der Waals surface area contributed by atoms with Gasteiger partial charge in [-0.2, -0.15) is 0 Å². The van der Waals surface area contributed by atoms with Gasteiger partial charge in [0, 0.05) is 45.4 Å². The third-order valence-electron chi connectivity index (χ3n) is 5.16. The summed E-state index contributed by atoms with van der Waals surface area (Å²) in [6.45, 7) is 10.3. The number of carbonyl (C=O) groups excluding carboxylic acids is 1. The molecule has 1 atom stereocenters. The van der Waals surface area contributed by atoms with Gasteiger partial charge in [0.1, 0.15) is 0 Å². The molecule has 2 aliphatic heterocycles. The topological polar surface area (TPSA) is 51.2 Å². The van der Waals surface area contributed by atoms with E-state index >= 15 is 0 Å². The van der Waals surface area contributed by atoms with Crippen LogP contribution in [0.15, 0.2) is 24.3 Å². The smallest absolute Gasteiger partial charge is 0.246 e. The summed E-state index contributed by atoms with van der Waals surface area (Å²) in [6.07, 6.45) is 6.21. The lowest BCUT2D eigenvalue weighted by molar-refractivity contribution is -0.127. The molecule has 2 heterocycles. The van der Waals surface area contributed by atoms with E-state index in [0.29, 0.717) is 25.1 Å². The van der Waals surface area contributed by atoms with Gasteiger partial charge >= 0.3 is 0 Å². The normalized spacial score (nSPS) is 20.6. The van der Waals surface area contributed by atoms with Gasteiger partial charge in [0.25, 0.3) is 0 Å². The van der Waals surface area contributed by atoms with Crippen molar-refractivity contribution in [1.29, 1.82) is 0 Å². The first-order chi connectivity index (χ1) is 13.7. The van der Waals surface area contributed by atoms with Crippen molar-refractivity contribution in [3.63, 3.8) is 0 Å². The van der Waals surface area contributed by atoms with E-state index in [-0.39, 0.29) is 5.91 Å². The van der Waals surface area contributed by atoms with Crippen LogP contribution in [0, 0.1) is 0 Å². The number of nitrogens with zero attached hydrogens (tertiary/aromatic N) is 2. The van der Waals surface area contributed by atoms with Gasteiger partial charge in [-0.3, -0.25) is 9.69 Å². The zero-order chi connectivity index (χ0) is 19.8. The fourth-order valence-electron chi connectivity index (χ4n) is 3.67. The lowest BCUT2D eigenvalue weighted by Crippen LogP contribution is -2.50. The summed E-state index contributed by atoms with van der Waals surface area (Å²) < 4.78 is 17.0. The number of benzene rings is 1. The largest absolute Gasteiger partial charge is 0.490 e. The van der Waals surface area contributed by atoms with E-state index < -0.39 is 0 Å². The Morgan fingerprint density at radius 3 is 2.57 bits per heavy atom. The van der Waals surface area contributed by atoms with Crippen LogP contribution >= 0.6 is 0 Å². The number of ether oxygens (including phenoxy) is 3. The predicted molar refractivity (Wildman–Crippen MR) is 110 cm³/mol. The molecule has 1 aromatic rings. The van der Waals surface area contributed by atoms with E-state index in [9.17, 15) is 4.79 Å². The lowest BCUT2D eigenvalue weighted by Gasteiger charge is -2.35. The maximum atomic E-state index is 12.5. The molecule has 0 bridgehead atoms. The van der Waals surface area contributed by atoms with Gasteiger partial charge in [-0.05, 0) is 50.5 Å². The highest BCUT2D eigenvalue weighted by molar-refractivity contribution is 5.92. The van der Waals surface area contributed by atoms with E-state index in [1.807, 2.05) is 43.0 Å². The number of rotatable bonds is 8. The predicted octanol–water partition coefficient (Wildman–Crippen LogP) is 2.82. The third kappa shape index (κ3) is 5.72. The van der Waals surface area contributed by atoms with Crippen LogP contribution < -0.4 is 9.47 Å². The first-order valence-corrected chi connectivity index (χ1v) is 10.4. The fourth-order valence-corrected chi connectivity index (χ4v) is 3.67. The van der Waals surface area contributed by atoms with Gasteiger partial charge in [-0.25, -0.2) is 0 Å². The molecule has 154 valence electrons. The molecule has 1 amide bonds. The lowest BCUT2D eigenvalue weighted by atomic mass is 10.1. The maximum absolute atomic E-state index is 12.5. The highest BCUT2D eigenvalue weighted by Gasteiger charge is 2.24. The number of carbonyl (C=O) groups is 1. The second-order valence-corrected chi connectivity index (χ2v) is 7.17. The Hall–Kier alpha value is -2.05. The molecule has 1 unspecified atom stereocenters. The summed E-state index contributed by atoms with van der Waals surface area (Å²) in [4.78, 5) is 16.9. The summed E-state index contributed by atoms with van der Waals surface area (Å²) in [6, 6.07) is 5.75. The Labute approximate surface area is 168 Å². The molecular weight excluding hydrogens is 356 g/mol. The SMILES string of the molecule is CCOc1ccc(C=CC(=O)N2CCN(CC3CCCO3)CC2)cc1OCC. The fraction of sp³-hybridized carbons (Fsp3) is 0.591. The Kier molecular flexibility index (Phi) is 7.74. The van der Waals surface area contributed by atoms with Gasteiger partial charge in [-0.15, -0.1) is 0 Å². The van der Waals surface area contributed by atoms with Crippen LogP contribution in [0.4, 0.5) is 0 Å². The standard InChI is InChI=1S/C22H32N2O4/c1-3-26-20-9-7-18(16-21(20)27-4-2)8-10-22(25)24-13-11-23(12-14-24)17-19-6-5-15-28-19/h7-10,16,19H,3-6,11-15,17H2,1-2H3. The highest BCUT2D eigenvalue weighted by atomic mass is 16.5. The molecule has 28 heavy (non-hydrogen) atoms. The van der Waals surface area contributed by atoms with E-state index in [0.717, 1.165) is 57.1 Å². The monoisotopic (exact) mass is 388 g/mol. The van der Waals surface area contributed by atoms with Crippen LogP contribution in [-0.2, 0) is 9.53 Å². The number of hydrogen-bond donors (Lipinski definition) is 0. The first-order valence-electron chi connectivity index (χ1n) is 10.4. The van der Waals surface area contributed by atoms with Gasteiger partial charge in [0.15, 0.2) is 11.5 Å². The summed E-state index contributed by atoms with van der Waals surface area (Å²) in [5.74, 6) is 1.50. The molecule has 0 N–H and O–H groups in total. The minimum atomic E-state index is 0.0589. The average Bonchev–Trinajstić information content (AvgIpc) is 3.22. The van der Waals surface area contributed by atoms with Crippen molar-refractivity contribution in [2.24, 2.45) is 0 Å². The molecule has 1 aromatic carbocycles. The van der Waals surface area contributed by atoms with Crippen molar-refractivity contribution in [2.45, 2.75) is 32.8 Å². The van der Waals surface area contributed by atoms with Crippen molar-refractivity contribution in [1.82, 2.24) is 9.80 Å². The molecule has 2 fully saturated rings. The molecule has 0 saturated carbocycles. The van der Waals surface area contributed by atoms with Gasteiger partial charge < -0.3 is 19.1 Å². The molecule has 2 saturated heterocycles. The molecule has 2 aliphatic rings. The second-order valence-electron chi connectivity index (χ2n) is 7.17. The summed E-state index contributed by atoms with van der Waals surface area (Å²) in [5, 5.41) is 0. The molecule has 0 aliphatic carbocycles. The Morgan fingerprint density at radius 1 is 1.14 bits per heavy atom.